The largest absolute Gasteiger partial charge is 0.381 e. The molecule has 0 N–H and O–H groups in total. The molecule has 0 aromatic rings. The van der Waals surface area contributed by atoms with Gasteiger partial charge in [0.15, 0.2) is 0 Å². The highest BCUT2D eigenvalue weighted by atomic mass is 32.2. The van der Waals surface area contributed by atoms with Gasteiger partial charge < -0.3 is 4.74 Å². The van der Waals surface area contributed by atoms with Crippen LogP contribution in [0.15, 0.2) is 0 Å². The highest BCUT2D eigenvalue weighted by molar-refractivity contribution is 7.84. The quantitative estimate of drug-likeness (QED) is 0.195. The van der Waals surface area contributed by atoms with E-state index in [-0.39, 0.29) is 0 Å². The van der Waals surface area contributed by atoms with Crippen molar-refractivity contribution in [3.63, 3.8) is 0 Å². The van der Waals surface area contributed by atoms with Gasteiger partial charge in [0.1, 0.15) is 0 Å². The first-order valence-corrected chi connectivity index (χ1v) is 13.5. The van der Waals surface area contributed by atoms with Crippen molar-refractivity contribution in [2.45, 2.75) is 124 Å². The molecule has 3 heteroatoms. The van der Waals surface area contributed by atoms with Crippen LogP contribution in [0.3, 0.4) is 0 Å². The van der Waals surface area contributed by atoms with Crippen molar-refractivity contribution in [1.29, 1.82) is 0 Å². The molecule has 0 saturated carbocycles. The van der Waals surface area contributed by atoms with E-state index >= 15 is 0 Å². The SMILES string of the molecule is CS(=O)CCCCCCCCCCCCCCCCOCCCC(C)(C)C. The number of hydrogen-bond donors (Lipinski definition) is 0. The standard InChI is InChI=1S/C24H50O2S/c1-24(2,3)20-19-22-26-21-17-15-13-11-9-7-5-6-8-10-12-14-16-18-23-27(4)25/h5-23H2,1-4H3. The minimum Gasteiger partial charge on any atom is -0.381 e. The van der Waals surface area contributed by atoms with E-state index in [0.29, 0.717) is 5.41 Å². The van der Waals surface area contributed by atoms with Gasteiger partial charge in [0, 0.05) is 36.0 Å². The molecule has 164 valence electrons. The minimum atomic E-state index is -0.594. The van der Waals surface area contributed by atoms with Gasteiger partial charge in [-0.25, -0.2) is 0 Å². The molecule has 0 radical (unpaired) electrons. The van der Waals surface area contributed by atoms with E-state index in [1.807, 2.05) is 6.26 Å². The first-order chi connectivity index (χ1) is 12.9. The van der Waals surface area contributed by atoms with E-state index in [0.717, 1.165) is 25.4 Å². The van der Waals surface area contributed by atoms with Crippen molar-refractivity contribution in [3.05, 3.63) is 0 Å². The van der Waals surface area contributed by atoms with Gasteiger partial charge in [-0.1, -0.05) is 97.8 Å². The van der Waals surface area contributed by atoms with Crippen LogP contribution in [-0.4, -0.2) is 29.4 Å². The molecule has 2 nitrogen and oxygen atoms in total. The Morgan fingerprint density at radius 2 is 0.963 bits per heavy atom. The predicted octanol–water partition coefficient (Wildman–Crippen LogP) is 7.67. The Bertz CT molecular complexity index is 323. The predicted molar refractivity (Wildman–Crippen MR) is 123 cm³/mol. The molecule has 27 heavy (non-hydrogen) atoms. The molecule has 1 unspecified atom stereocenters. The fraction of sp³-hybridized carbons (Fsp3) is 1.00. The summed E-state index contributed by atoms with van der Waals surface area (Å²) in [4.78, 5) is 0. The Kier molecular flexibility index (Phi) is 19.5. The van der Waals surface area contributed by atoms with Crippen molar-refractivity contribution in [1.82, 2.24) is 0 Å². The Labute approximate surface area is 174 Å². The molecular weight excluding hydrogens is 352 g/mol. The maximum absolute atomic E-state index is 11.0. The lowest BCUT2D eigenvalue weighted by molar-refractivity contribution is 0.118. The molecule has 1 atom stereocenters. The lowest BCUT2D eigenvalue weighted by Crippen LogP contribution is -2.07. The Hall–Kier alpha value is 0.110. The van der Waals surface area contributed by atoms with Crippen LogP contribution in [0, 0.1) is 5.41 Å². The summed E-state index contributed by atoms with van der Waals surface area (Å²) >= 11 is 0. The molecule has 0 aromatic carbocycles. The van der Waals surface area contributed by atoms with E-state index in [1.54, 1.807) is 0 Å². The van der Waals surface area contributed by atoms with Crippen molar-refractivity contribution in [2.75, 3.05) is 25.2 Å². The maximum Gasteiger partial charge on any atom is 0.0466 e. The molecule has 0 fully saturated rings. The fourth-order valence-electron chi connectivity index (χ4n) is 3.44. The molecular formula is C24H50O2S. The van der Waals surface area contributed by atoms with Crippen LogP contribution in [0.4, 0.5) is 0 Å². The molecule has 0 rings (SSSR count). The summed E-state index contributed by atoms with van der Waals surface area (Å²) < 4.78 is 16.7. The Morgan fingerprint density at radius 3 is 1.37 bits per heavy atom. The average molecular weight is 403 g/mol. The second kappa shape index (κ2) is 19.4. The Morgan fingerprint density at radius 1 is 0.593 bits per heavy atom. The summed E-state index contributed by atoms with van der Waals surface area (Å²) in [5.74, 6) is 0.893. The van der Waals surface area contributed by atoms with Crippen LogP contribution in [0.25, 0.3) is 0 Å². The van der Waals surface area contributed by atoms with Crippen LogP contribution in [0.5, 0.6) is 0 Å². The smallest absolute Gasteiger partial charge is 0.0466 e. The maximum atomic E-state index is 11.0. The molecule has 0 aliphatic carbocycles. The summed E-state index contributed by atoms with van der Waals surface area (Å²) in [6, 6.07) is 0. The van der Waals surface area contributed by atoms with Gasteiger partial charge in [-0.15, -0.1) is 0 Å². The van der Waals surface area contributed by atoms with Crippen molar-refractivity contribution < 1.29 is 8.95 Å². The normalized spacial score (nSPS) is 13.2. The zero-order valence-corrected chi connectivity index (χ0v) is 20.0. The van der Waals surface area contributed by atoms with Crippen LogP contribution in [0.2, 0.25) is 0 Å². The average Bonchev–Trinajstić information content (AvgIpc) is 2.58. The van der Waals surface area contributed by atoms with Crippen LogP contribution < -0.4 is 0 Å². The molecule has 0 aromatic heterocycles. The monoisotopic (exact) mass is 402 g/mol. The zero-order valence-electron chi connectivity index (χ0n) is 19.2. The highest BCUT2D eigenvalue weighted by Crippen LogP contribution is 2.20. The van der Waals surface area contributed by atoms with Crippen molar-refractivity contribution in [3.8, 4) is 0 Å². The molecule has 0 spiro atoms. The lowest BCUT2D eigenvalue weighted by atomic mass is 9.91. The van der Waals surface area contributed by atoms with Gasteiger partial charge in [0.25, 0.3) is 0 Å². The van der Waals surface area contributed by atoms with E-state index in [4.69, 9.17) is 4.74 Å². The van der Waals surface area contributed by atoms with Gasteiger partial charge in [-0.05, 0) is 31.1 Å². The first-order valence-electron chi connectivity index (χ1n) is 11.8. The summed E-state index contributed by atoms with van der Waals surface area (Å²) in [6.45, 7) is 8.80. The number of unbranched alkanes of at least 4 members (excludes halogenated alkanes) is 13. The summed E-state index contributed by atoms with van der Waals surface area (Å²) in [6.07, 6.45) is 23.2. The number of hydrogen-bond acceptors (Lipinski definition) is 2. The second-order valence-corrected chi connectivity index (χ2v) is 11.1. The fourth-order valence-corrected chi connectivity index (χ4v) is 4.05. The van der Waals surface area contributed by atoms with E-state index in [9.17, 15) is 4.21 Å². The Balaban J connectivity index is 3.04. The molecule has 0 aliphatic heterocycles. The second-order valence-electron chi connectivity index (χ2n) is 9.50. The van der Waals surface area contributed by atoms with E-state index < -0.39 is 10.8 Å². The van der Waals surface area contributed by atoms with Gasteiger partial charge in [0.2, 0.25) is 0 Å². The van der Waals surface area contributed by atoms with Crippen molar-refractivity contribution >= 4 is 10.8 Å². The summed E-state index contributed by atoms with van der Waals surface area (Å²) in [5, 5.41) is 0. The van der Waals surface area contributed by atoms with E-state index in [1.165, 1.54) is 96.3 Å². The first kappa shape index (κ1) is 27.1. The van der Waals surface area contributed by atoms with E-state index in [2.05, 4.69) is 20.8 Å². The molecule has 0 aliphatic rings. The van der Waals surface area contributed by atoms with Gasteiger partial charge in [-0.2, -0.15) is 0 Å². The summed E-state index contributed by atoms with van der Waals surface area (Å²) in [7, 11) is -0.594. The number of ether oxygens (including phenoxy) is 1. The molecule has 0 amide bonds. The third kappa shape index (κ3) is 26.1. The molecule has 0 bridgehead atoms. The van der Waals surface area contributed by atoms with Crippen LogP contribution in [0.1, 0.15) is 124 Å². The third-order valence-corrected chi connectivity index (χ3v) is 6.05. The lowest BCUT2D eigenvalue weighted by Gasteiger charge is -2.17. The highest BCUT2D eigenvalue weighted by Gasteiger charge is 2.08. The van der Waals surface area contributed by atoms with Crippen LogP contribution in [-0.2, 0) is 15.5 Å². The van der Waals surface area contributed by atoms with Gasteiger partial charge >= 0.3 is 0 Å². The zero-order chi connectivity index (χ0) is 20.2. The molecule has 0 saturated heterocycles. The van der Waals surface area contributed by atoms with Crippen LogP contribution >= 0.6 is 0 Å². The third-order valence-electron chi connectivity index (χ3n) is 5.19. The minimum absolute atomic E-state index is 0.446. The molecule has 0 heterocycles. The number of rotatable bonds is 20. The van der Waals surface area contributed by atoms with Gasteiger partial charge in [0.05, 0.1) is 0 Å². The van der Waals surface area contributed by atoms with Gasteiger partial charge in [-0.3, -0.25) is 4.21 Å². The van der Waals surface area contributed by atoms with Crippen molar-refractivity contribution in [2.24, 2.45) is 5.41 Å². The topological polar surface area (TPSA) is 26.3 Å². The summed E-state index contributed by atoms with van der Waals surface area (Å²) in [5.41, 5.74) is 0.446.